The summed E-state index contributed by atoms with van der Waals surface area (Å²) in [6, 6.07) is 7.63. The molecule has 0 atom stereocenters. The molecule has 0 saturated heterocycles. The van der Waals surface area contributed by atoms with Gasteiger partial charge in [-0.1, -0.05) is 0 Å². The van der Waals surface area contributed by atoms with Gasteiger partial charge in [-0.25, -0.2) is 0 Å². The van der Waals surface area contributed by atoms with Crippen molar-refractivity contribution in [2.24, 2.45) is 0 Å². The normalized spacial score (nSPS) is 11.2. The zero-order valence-electron chi connectivity index (χ0n) is 9.83. The van der Waals surface area contributed by atoms with Gasteiger partial charge in [-0.05, 0) is 52.1 Å². The lowest BCUT2D eigenvalue weighted by Gasteiger charge is -2.21. The molecule has 0 amide bonds. The van der Waals surface area contributed by atoms with E-state index in [0.29, 0.717) is 6.73 Å². The number of nitrogens with one attached hydrogen (secondary N) is 1. The van der Waals surface area contributed by atoms with Crippen molar-refractivity contribution < 1.29 is 9.47 Å². The van der Waals surface area contributed by atoms with Gasteiger partial charge in [0, 0.05) is 0 Å². The van der Waals surface area contributed by atoms with Crippen molar-refractivity contribution in [2.45, 2.75) is 26.4 Å². The second-order valence-corrected chi connectivity index (χ2v) is 4.33. The van der Waals surface area contributed by atoms with Crippen LogP contribution in [-0.2, 0) is 0 Å². The predicted octanol–water partition coefficient (Wildman–Crippen LogP) is 2.42. The average molecular weight is 209 g/mol. The maximum absolute atomic E-state index is 5.69. The summed E-state index contributed by atoms with van der Waals surface area (Å²) in [7, 11) is 1.84. The SMILES string of the molecule is CNCOc1ccc(OC(C)(C)C)cc1. The Morgan fingerprint density at radius 3 is 2.07 bits per heavy atom. The quantitative estimate of drug-likeness (QED) is 0.772. The summed E-state index contributed by atoms with van der Waals surface area (Å²) in [6.45, 7) is 6.59. The first-order valence-corrected chi connectivity index (χ1v) is 5.08. The zero-order chi connectivity index (χ0) is 11.3. The largest absolute Gasteiger partial charge is 0.488 e. The summed E-state index contributed by atoms with van der Waals surface area (Å²) in [5, 5.41) is 2.92. The fraction of sp³-hybridized carbons (Fsp3) is 0.500. The molecule has 1 aromatic rings. The third kappa shape index (κ3) is 4.70. The van der Waals surface area contributed by atoms with E-state index in [1.54, 1.807) is 0 Å². The molecule has 1 N–H and O–H groups in total. The number of ether oxygens (including phenoxy) is 2. The molecule has 0 bridgehead atoms. The van der Waals surface area contributed by atoms with Gasteiger partial charge in [-0.2, -0.15) is 0 Å². The molecule has 3 heteroatoms. The Balaban J connectivity index is 2.56. The highest BCUT2D eigenvalue weighted by Crippen LogP contribution is 2.21. The fourth-order valence-electron chi connectivity index (χ4n) is 1.11. The van der Waals surface area contributed by atoms with Crippen LogP contribution in [0.15, 0.2) is 24.3 Å². The highest BCUT2D eigenvalue weighted by Gasteiger charge is 2.11. The van der Waals surface area contributed by atoms with Crippen molar-refractivity contribution in [3.05, 3.63) is 24.3 Å². The molecule has 0 spiro atoms. The van der Waals surface area contributed by atoms with E-state index in [2.05, 4.69) is 5.32 Å². The van der Waals surface area contributed by atoms with Crippen molar-refractivity contribution >= 4 is 0 Å². The molecule has 0 aliphatic carbocycles. The van der Waals surface area contributed by atoms with Crippen LogP contribution in [0.5, 0.6) is 11.5 Å². The molecule has 3 nitrogen and oxygen atoms in total. The molecule has 0 aromatic heterocycles. The molecule has 0 saturated carbocycles. The van der Waals surface area contributed by atoms with Crippen LogP contribution in [0.3, 0.4) is 0 Å². The van der Waals surface area contributed by atoms with E-state index in [4.69, 9.17) is 9.47 Å². The van der Waals surface area contributed by atoms with Gasteiger partial charge < -0.3 is 9.47 Å². The van der Waals surface area contributed by atoms with E-state index in [-0.39, 0.29) is 5.60 Å². The third-order valence-electron chi connectivity index (χ3n) is 1.63. The van der Waals surface area contributed by atoms with E-state index < -0.39 is 0 Å². The van der Waals surface area contributed by atoms with Crippen LogP contribution in [0.25, 0.3) is 0 Å². The Kier molecular flexibility index (Phi) is 3.97. The maximum atomic E-state index is 5.69. The van der Waals surface area contributed by atoms with E-state index in [1.165, 1.54) is 0 Å². The fourth-order valence-corrected chi connectivity index (χ4v) is 1.11. The van der Waals surface area contributed by atoms with E-state index in [0.717, 1.165) is 11.5 Å². The van der Waals surface area contributed by atoms with Crippen LogP contribution in [0.4, 0.5) is 0 Å². The first-order valence-electron chi connectivity index (χ1n) is 5.08. The van der Waals surface area contributed by atoms with Gasteiger partial charge in [0.15, 0.2) is 0 Å². The average Bonchev–Trinajstić information content (AvgIpc) is 2.14. The number of benzene rings is 1. The van der Waals surface area contributed by atoms with E-state index in [1.807, 2.05) is 52.1 Å². The summed E-state index contributed by atoms with van der Waals surface area (Å²) in [5.74, 6) is 1.70. The summed E-state index contributed by atoms with van der Waals surface area (Å²) < 4.78 is 11.1. The molecule has 84 valence electrons. The van der Waals surface area contributed by atoms with E-state index in [9.17, 15) is 0 Å². The zero-order valence-corrected chi connectivity index (χ0v) is 9.83. The Labute approximate surface area is 91.4 Å². The monoisotopic (exact) mass is 209 g/mol. The molecule has 0 fully saturated rings. The summed E-state index contributed by atoms with van der Waals surface area (Å²) in [4.78, 5) is 0. The molecule has 0 aliphatic heterocycles. The molecule has 15 heavy (non-hydrogen) atoms. The summed E-state index contributed by atoms with van der Waals surface area (Å²) >= 11 is 0. The van der Waals surface area contributed by atoms with Crippen LogP contribution in [0.2, 0.25) is 0 Å². The van der Waals surface area contributed by atoms with Gasteiger partial charge in [0.05, 0.1) is 0 Å². The van der Waals surface area contributed by atoms with Crippen molar-refractivity contribution in [3.63, 3.8) is 0 Å². The second-order valence-electron chi connectivity index (χ2n) is 4.33. The van der Waals surface area contributed by atoms with Crippen LogP contribution in [-0.4, -0.2) is 19.4 Å². The van der Waals surface area contributed by atoms with Gasteiger partial charge >= 0.3 is 0 Å². The molecule has 0 heterocycles. The van der Waals surface area contributed by atoms with Crippen molar-refractivity contribution in [1.82, 2.24) is 5.32 Å². The van der Waals surface area contributed by atoms with Gasteiger partial charge in [-0.15, -0.1) is 0 Å². The highest BCUT2D eigenvalue weighted by molar-refractivity contribution is 5.31. The lowest BCUT2D eigenvalue weighted by molar-refractivity contribution is 0.130. The molecule has 1 aromatic carbocycles. The topological polar surface area (TPSA) is 30.5 Å². The van der Waals surface area contributed by atoms with E-state index >= 15 is 0 Å². The van der Waals surface area contributed by atoms with Crippen LogP contribution < -0.4 is 14.8 Å². The standard InChI is InChI=1S/C12H19NO2/c1-12(2,3)15-11-7-5-10(6-8-11)14-9-13-4/h5-8,13H,9H2,1-4H3. The molecule has 0 radical (unpaired) electrons. The summed E-state index contributed by atoms with van der Waals surface area (Å²) in [5.41, 5.74) is -0.159. The van der Waals surface area contributed by atoms with Crippen LogP contribution >= 0.6 is 0 Å². The second kappa shape index (κ2) is 5.03. The Morgan fingerprint density at radius 2 is 1.60 bits per heavy atom. The smallest absolute Gasteiger partial charge is 0.139 e. The van der Waals surface area contributed by atoms with Crippen LogP contribution in [0, 0.1) is 0 Å². The van der Waals surface area contributed by atoms with Gasteiger partial charge in [0.2, 0.25) is 0 Å². The maximum Gasteiger partial charge on any atom is 0.139 e. The number of hydrogen-bond acceptors (Lipinski definition) is 3. The molecule has 1 rings (SSSR count). The molecular weight excluding hydrogens is 190 g/mol. The number of rotatable bonds is 4. The number of hydrogen-bond donors (Lipinski definition) is 1. The minimum absolute atomic E-state index is 0.159. The minimum atomic E-state index is -0.159. The Hall–Kier alpha value is -1.22. The Bertz CT molecular complexity index is 287. The Morgan fingerprint density at radius 1 is 1.07 bits per heavy atom. The van der Waals surface area contributed by atoms with Crippen molar-refractivity contribution in [3.8, 4) is 11.5 Å². The van der Waals surface area contributed by atoms with Crippen LogP contribution in [0.1, 0.15) is 20.8 Å². The lowest BCUT2D eigenvalue weighted by Crippen LogP contribution is -2.22. The first-order chi connectivity index (χ1) is 7.01. The van der Waals surface area contributed by atoms with Crippen molar-refractivity contribution in [1.29, 1.82) is 0 Å². The molecular formula is C12H19NO2. The van der Waals surface area contributed by atoms with Gasteiger partial charge in [-0.3, -0.25) is 5.32 Å². The molecule has 0 unspecified atom stereocenters. The van der Waals surface area contributed by atoms with Gasteiger partial charge in [0.1, 0.15) is 23.8 Å². The highest BCUT2D eigenvalue weighted by atomic mass is 16.5. The predicted molar refractivity (Wildman–Crippen MR) is 61.4 cm³/mol. The minimum Gasteiger partial charge on any atom is -0.488 e. The lowest BCUT2D eigenvalue weighted by atomic mass is 10.2. The first kappa shape index (κ1) is 11.9. The third-order valence-corrected chi connectivity index (χ3v) is 1.63. The van der Waals surface area contributed by atoms with Gasteiger partial charge in [0.25, 0.3) is 0 Å². The summed E-state index contributed by atoms with van der Waals surface area (Å²) in [6.07, 6.45) is 0. The van der Waals surface area contributed by atoms with Crippen molar-refractivity contribution in [2.75, 3.05) is 13.8 Å². The molecule has 0 aliphatic rings.